The smallest absolute Gasteiger partial charge is 0.257 e. The molecule has 1 aromatic carbocycles. The Kier molecular flexibility index (Phi) is 3.66. The van der Waals surface area contributed by atoms with Crippen molar-refractivity contribution in [3.8, 4) is 0 Å². The fourth-order valence-electron chi connectivity index (χ4n) is 2.68. The van der Waals surface area contributed by atoms with E-state index in [0.717, 1.165) is 41.2 Å². The molecule has 0 amide bonds. The van der Waals surface area contributed by atoms with Gasteiger partial charge in [0.1, 0.15) is 0 Å². The molecule has 3 nitrogen and oxygen atoms in total. The van der Waals surface area contributed by atoms with Gasteiger partial charge in [-0.2, -0.15) is 0 Å². The van der Waals surface area contributed by atoms with E-state index in [0.29, 0.717) is 6.54 Å². The molecule has 20 heavy (non-hydrogen) atoms. The minimum atomic E-state index is 0.150. The van der Waals surface area contributed by atoms with Crippen LogP contribution in [-0.4, -0.2) is 15.8 Å². The number of hydrogen-bond acceptors (Lipinski definition) is 3. The zero-order valence-corrected chi connectivity index (χ0v) is 12.7. The molecule has 0 saturated carbocycles. The van der Waals surface area contributed by atoms with E-state index in [9.17, 15) is 4.79 Å². The highest BCUT2D eigenvalue weighted by molar-refractivity contribution is 7.98. The van der Waals surface area contributed by atoms with E-state index in [4.69, 9.17) is 0 Å². The summed E-state index contributed by atoms with van der Waals surface area (Å²) < 4.78 is 1.82. The summed E-state index contributed by atoms with van der Waals surface area (Å²) >= 11 is 1.55. The Labute approximate surface area is 123 Å². The van der Waals surface area contributed by atoms with Crippen molar-refractivity contribution in [1.29, 1.82) is 0 Å². The number of nitrogens with zero attached hydrogens (tertiary/aromatic N) is 2. The Morgan fingerprint density at radius 1 is 1.25 bits per heavy atom. The summed E-state index contributed by atoms with van der Waals surface area (Å²) in [5.41, 5.74) is 4.47. The van der Waals surface area contributed by atoms with E-state index in [-0.39, 0.29) is 5.56 Å². The predicted octanol–water partition coefficient (Wildman–Crippen LogP) is 2.81. The van der Waals surface area contributed by atoms with E-state index in [1.807, 2.05) is 10.8 Å². The highest BCUT2D eigenvalue weighted by Crippen LogP contribution is 2.21. The number of aromatic nitrogens is 2. The molecule has 0 N–H and O–H groups in total. The average Bonchev–Trinajstić information content (AvgIpc) is 2.92. The first kappa shape index (κ1) is 13.4. The summed E-state index contributed by atoms with van der Waals surface area (Å²) in [6, 6.07) is 8.33. The summed E-state index contributed by atoms with van der Waals surface area (Å²) in [4.78, 5) is 17.3. The lowest BCUT2D eigenvalue weighted by Crippen LogP contribution is -2.27. The quantitative estimate of drug-likeness (QED) is 0.643. The van der Waals surface area contributed by atoms with Gasteiger partial charge in [0.05, 0.1) is 12.2 Å². The molecule has 0 fully saturated rings. The van der Waals surface area contributed by atoms with Crippen LogP contribution in [0, 0.1) is 6.92 Å². The van der Waals surface area contributed by atoms with Gasteiger partial charge in [0.25, 0.3) is 5.56 Å². The fraction of sp³-hybridized carbons (Fsp3) is 0.375. The number of thioether (sulfide) groups is 1. The molecule has 0 spiro atoms. The van der Waals surface area contributed by atoms with Crippen LogP contribution in [0.1, 0.15) is 28.8 Å². The van der Waals surface area contributed by atoms with Crippen LogP contribution in [0.5, 0.6) is 0 Å². The number of hydrogen-bond donors (Lipinski definition) is 0. The molecule has 1 heterocycles. The summed E-state index contributed by atoms with van der Waals surface area (Å²) in [6.45, 7) is 2.68. The highest BCUT2D eigenvalue weighted by atomic mass is 32.2. The minimum absolute atomic E-state index is 0.150. The van der Waals surface area contributed by atoms with E-state index in [1.54, 1.807) is 11.8 Å². The van der Waals surface area contributed by atoms with Crippen LogP contribution in [0.25, 0.3) is 0 Å². The molecule has 0 radical (unpaired) electrons. The molecule has 104 valence electrons. The Bertz CT molecular complexity index is 689. The Morgan fingerprint density at radius 3 is 2.70 bits per heavy atom. The van der Waals surface area contributed by atoms with Crippen molar-refractivity contribution in [2.45, 2.75) is 37.9 Å². The normalized spacial score (nSPS) is 13.5. The van der Waals surface area contributed by atoms with Crippen LogP contribution in [-0.2, 0) is 19.4 Å². The SMILES string of the molecule is CSc1nc2c(c(=O)n1Cc1ccc(C)cc1)CCC2. The Morgan fingerprint density at radius 2 is 2.00 bits per heavy atom. The summed E-state index contributed by atoms with van der Waals surface area (Å²) in [6.07, 6.45) is 4.86. The summed E-state index contributed by atoms with van der Waals surface area (Å²) in [7, 11) is 0. The molecule has 1 aliphatic rings. The molecule has 0 saturated heterocycles. The van der Waals surface area contributed by atoms with Crippen molar-refractivity contribution in [1.82, 2.24) is 9.55 Å². The maximum atomic E-state index is 12.6. The largest absolute Gasteiger partial charge is 0.283 e. The van der Waals surface area contributed by atoms with E-state index in [1.165, 1.54) is 5.56 Å². The van der Waals surface area contributed by atoms with Gasteiger partial charge in [-0.05, 0) is 38.0 Å². The van der Waals surface area contributed by atoms with E-state index >= 15 is 0 Å². The predicted molar refractivity (Wildman–Crippen MR) is 82.6 cm³/mol. The van der Waals surface area contributed by atoms with Gasteiger partial charge in [0, 0.05) is 5.56 Å². The first-order chi connectivity index (χ1) is 9.69. The maximum absolute atomic E-state index is 12.6. The van der Waals surface area contributed by atoms with Crippen LogP contribution in [0.15, 0.2) is 34.2 Å². The van der Waals surface area contributed by atoms with Crippen LogP contribution >= 0.6 is 11.8 Å². The van der Waals surface area contributed by atoms with Crippen molar-refractivity contribution in [2.24, 2.45) is 0 Å². The Balaban J connectivity index is 2.04. The monoisotopic (exact) mass is 286 g/mol. The molecular formula is C16H18N2OS. The van der Waals surface area contributed by atoms with Gasteiger partial charge in [-0.3, -0.25) is 9.36 Å². The van der Waals surface area contributed by atoms with Gasteiger partial charge in [0.2, 0.25) is 0 Å². The van der Waals surface area contributed by atoms with Gasteiger partial charge in [0.15, 0.2) is 5.16 Å². The van der Waals surface area contributed by atoms with Crippen molar-refractivity contribution >= 4 is 11.8 Å². The lowest BCUT2D eigenvalue weighted by Gasteiger charge is -2.13. The third kappa shape index (κ3) is 2.40. The molecule has 4 heteroatoms. The third-order valence-corrected chi connectivity index (χ3v) is 4.47. The molecule has 1 aromatic heterocycles. The lowest BCUT2D eigenvalue weighted by atomic mass is 10.1. The highest BCUT2D eigenvalue weighted by Gasteiger charge is 2.20. The molecule has 3 rings (SSSR count). The number of fused-ring (bicyclic) bond motifs is 1. The first-order valence-electron chi connectivity index (χ1n) is 6.91. The molecule has 0 bridgehead atoms. The zero-order chi connectivity index (χ0) is 14.1. The second-order valence-corrected chi connectivity index (χ2v) is 6.03. The van der Waals surface area contributed by atoms with Crippen LogP contribution in [0.3, 0.4) is 0 Å². The molecule has 0 aliphatic heterocycles. The number of aryl methyl sites for hydroxylation is 2. The number of rotatable bonds is 3. The van der Waals surface area contributed by atoms with Crippen LogP contribution < -0.4 is 5.56 Å². The second-order valence-electron chi connectivity index (χ2n) is 5.25. The molecule has 2 aromatic rings. The maximum Gasteiger partial charge on any atom is 0.257 e. The first-order valence-corrected chi connectivity index (χ1v) is 8.13. The van der Waals surface area contributed by atoms with E-state index < -0.39 is 0 Å². The molecule has 0 unspecified atom stereocenters. The topological polar surface area (TPSA) is 34.9 Å². The van der Waals surface area contributed by atoms with Gasteiger partial charge >= 0.3 is 0 Å². The lowest BCUT2D eigenvalue weighted by molar-refractivity contribution is 0.632. The molecular weight excluding hydrogens is 268 g/mol. The van der Waals surface area contributed by atoms with E-state index in [2.05, 4.69) is 36.2 Å². The number of benzene rings is 1. The molecule has 1 aliphatic carbocycles. The summed E-state index contributed by atoms with van der Waals surface area (Å²) in [5.74, 6) is 0. The van der Waals surface area contributed by atoms with Gasteiger partial charge in [-0.1, -0.05) is 41.6 Å². The average molecular weight is 286 g/mol. The third-order valence-electron chi connectivity index (χ3n) is 3.80. The second kappa shape index (κ2) is 5.44. The molecule has 0 atom stereocenters. The van der Waals surface area contributed by atoms with Gasteiger partial charge < -0.3 is 0 Å². The van der Waals surface area contributed by atoms with Crippen molar-refractivity contribution in [2.75, 3.05) is 6.26 Å². The minimum Gasteiger partial charge on any atom is -0.283 e. The summed E-state index contributed by atoms with van der Waals surface area (Å²) in [5, 5.41) is 0.830. The van der Waals surface area contributed by atoms with Crippen molar-refractivity contribution in [3.63, 3.8) is 0 Å². The fourth-order valence-corrected chi connectivity index (χ4v) is 3.25. The Hall–Kier alpha value is -1.55. The van der Waals surface area contributed by atoms with Crippen molar-refractivity contribution < 1.29 is 0 Å². The van der Waals surface area contributed by atoms with Crippen LogP contribution in [0.4, 0.5) is 0 Å². The van der Waals surface area contributed by atoms with Crippen LogP contribution in [0.2, 0.25) is 0 Å². The van der Waals surface area contributed by atoms with Crippen molar-refractivity contribution in [3.05, 3.63) is 57.0 Å². The zero-order valence-electron chi connectivity index (χ0n) is 11.8. The standard InChI is InChI=1S/C16H18N2OS/c1-11-6-8-12(9-7-11)10-18-15(19)13-4-3-5-14(13)17-16(18)20-2/h6-9H,3-5,10H2,1-2H3. The van der Waals surface area contributed by atoms with Gasteiger partial charge in [-0.25, -0.2) is 4.98 Å². The van der Waals surface area contributed by atoms with Gasteiger partial charge in [-0.15, -0.1) is 0 Å².